The summed E-state index contributed by atoms with van der Waals surface area (Å²) in [5, 5.41) is 11.2. The first kappa shape index (κ1) is 20.3. The Hall–Kier alpha value is -2.46. The minimum atomic E-state index is -0.103. The third-order valence-corrected chi connectivity index (χ3v) is 5.65. The van der Waals surface area contributed by atoms with Crippen molar-refractivity contribution in [3.05, 3.63) is 34.3 Å². The molecule has 1 aliphatic heterocycles. The van der Waals surface area contributed by atoms with Crippen LogP contribution in [-0.2, 0) is 6.42 Å². The third-order valence-electron chi connectivity index (χ3n) is 4.48. The van der Waals surface area contributed by atoms with Crippen molar-refractivity contribution in [3.8, 4) is 11.5 Å². The van der Waals surface area contributed by atoms with Crippen LogP contribution < -0.4 is 14.8 Å². The number of hydrogen-bond acceptors (Lipinski definition) is 7. The molecule has 0 spiro atoms. The Labute approximate surface area is 173 Å². The molecule has 0 radical (unpaired) electrons. The lowest BCUT2D eigenvalue weighted by molar-refractivity contribution is 0.0496. The highest BCUT2D eigenvalue weighted by Gasteiger charge is 2.31. The summed E-state index contributed by atoms with van der Waals surface area (Å²) >= 11 is 6.64. The summed E-state index contributed by atoms with van der Waals surface area (Å²) in [7, 11) is 3.23. The van der Waals surface area contributed by atoms with Gasteiger partial charge in [-0.1, -0.05) is 10.6 Å². The van der Waals surface area contributed by atoms with Crippen LogP contribution in [0.3, 0.4) is 0 Å². The zero-order valence-corrected chi connectivity index (χ0v) is 17.7. The number of carbonyl (C=O) groups excluding carboxylic acids is 1. The Morgan fingerprint density at radius 3 is 2.68 bits per heavy atom. The monoisotopic (exact) mass is 421 g/mol. The number of amides is 1. The molecule has 1 N–H and O–H groups in total. The van der Waals surface area contributed by atoms with Crippen LogP contribution in [0.2, 0.25) is 0 Å². The minimum absolute atomic E-state index is 0.103. The summed E-state index contributed by atoms with van der Waals surface area (Å²) in [5.41, 5.74) is 1.75. The molecule has 0 atom stereocenters. The Morgan fingerprint density at radius 1 is 1.25 bits per heavy atom. The molecule has 1 saturated heterocycles. The van der Waals surface area contributed by atoms with E-state index in [1.165, 1.54) is 0 Å². The van der Waals surface area contributed by atoms with Gasteiger partial charge in [0.05, 0.1) is 19.9 Å². The molecule has 2 aromatic rings. The summed E-state index contributed by atoms with van der Waals surface area (Å²) in [6, 6.07) is 5.84. The molecule has 1 amide bonds. The van der Waals surface area contributed by atoms with Gasteiger partial charge in [-0.05, 0) is 61.2 Å². The molecule has 1 aromatic carbocycles. The predicted octanol–water partition coefficient (Wildman–Crippen LogP) is 2.04. The molecule has 0 aliphatic carbocycles. The Morgan fingerprint density at radius 2 is 2.00 bits per heavy atom. The van der Waals surface area contributed by atoms with Crippen LogP contribution in [0.15, 0.2) is 18.2 Å². The largest absolute Gasteiger partial charge is 0.493 e. The van der Waals surface area contributed by atoms with Gasteiger partial charge < -0.3 is 14.8 Å². The van der Waals surface area contributed by atoms with Crippen LogP contribution in [-0.4, -0.2) is 64.5 Å². The number of hydrazine groups is 1. The Kier molecular flexibility index (Phi) is 6.63. The van der Waals surface area contributed by atoms with Gasteiger partial charge in [-0.15, -0.1) is 5.10 Å². The van der Waals surface area contributed by atoms with E-state index in [1.54, 1.807) is 26.2 Å². The van der Waals surface area contributed by atoms with Gasteiger partial charge in [0.1, 0.15) is 4.88 Å². The number of rotatable bonds is 6. The number of nitrogens with zero attached hydrogens (tertiary/aromatic N) is 4. The van der Waals surface area contributed by atoms with Gasteiger partial charge in [-0.2, -0.15) is 0 Å². The number of methoxy groups -OCH3 is 2. The van der Waals surface area contributed by atoms with Gasteiger partial charge in [-0.25, -0.2) is 5.01 Å². The lowest BCUT2D eigenvalue weighted by Gasteiger charge is -2.29. The number of aryl methyl sites for hydroxylation is 1. The van der Waals surface area contributed by atoms with Gasteiger partial charge in [0, 0.05) is 19.6 Å². The van der Waals surface area contributed by atoms with E-state index in [1.807, 2.05) is 23.2 Å². The average molecular weight is 422 g/mol. The van der Waals surface area contributed by atoms with Crippen molar-refractivity contribution in [1.82, 2.24) is 24.9 Å². The highest BCUT2D eigenvalue weighted by molar-refractivity contribution is 7.80. The molecule has 8 nitrogen and oxygen atoms in total. The van der Waals surface area contributed by atoms with Crippen molar-refractivity contribution in [2.75, 3.05) is 33.9 Å². The van der Waals surface area contributed by atoms with E-state index in [9.17, 15) is 4.79 Å². The Balaban J connectivity index is 1.57. The van der Waals surface area contributed by atoms with Crippen molar-refractivity contribution >= 4 is 34.8 Å². The van der Waals surface area contributed by atoms with E-state index < -0.39 is 0 Å². The fourth-order valence-corrected chi connectivity index (χ4v) is 3.91. The first-order chi connectivity index (χ1) is 13.5. The number of thiocarbonyl (C=S) groups is 1. The van der Waals surface area contributed by atoms with Crippen LogP contribution in [0.4, 0.5) is 0 Å². The molecule has 3 rings (SSSR count). The molecule has 10 heteroatoms. The standard InChI is InChI=1S/C18H23N5O3S2/c1-12-16(28-21-20-12)17(24)22-9-4-10-23(22)18(27)19-8-7-13-5-6-14(25-2)15(11-13)26-3/h5-6,11H,4,7-10H2,1-3H3,(H,19,27). The molecule has 2 heterocycles. The summed E-state index contributed by atoms with van der Waals surface area (Å²) in [6.07, 6.45) is 1.63. The fourth-order valence-electron chi connectivity index (χ4n) is 3.02. The molecule has 28 heavy (non-hydrogen) atoms. The number of benzene rings is 1. The molecular weight excluding hydrogens is 398 g/mol. The molecule has 0 bridgehead atoms. The molecule has 1 aliphatic rings. The van der Waals surface area contributed by atoms with Crippen LogP contribution >= 0.6 is 23.8 Å². The lowest BCUT2D eigenvalue weighted by atomic mass is 10.1. The second-order valence-corrected chi connectivity index (χ2v) is 7.40. The summed E-state index contributed by atoms with van der Waals surface area (Å²) in [4.78, 5) is 13.3. The molecule has 1 fully saturated rings. The van der Waals surface area contributed by atoms with Crippen LogP contribution in [0.25, 0.3) is 0 Å². The number of carbonyl (C=O) groups is 1. The van der Waals surface area contributed by atoms with E-state index in [0.29, 0.717) is 46.8 Å². The van der Waals surface area contributed by atoms with E-state index in [4.69, 9.17) is 21.7 Å². The number of nitrogens with one attached hydrogen (secondary N) is 1. The van der Waals surface area contributed by atoms with Gasteiger partial charge in [0.25, 0.3) is 5.91 Å². The first-order valence-corrected chi connectivity index (χ1v) is 10.1. The summed E-state index contributed by atoms with van der Waals surface area (Å²) in [5.74, 6) is 1.30. The van der Waals surface area contributed by atoms with Gasteiger partial charge in [-0.3, -0.25) is 9.80 Å². The molecule has 150 valence electrons. The van der Waals surface area contributed by atoms with Crippen LogP contribution in [0, 0.1) is 6.92 Å². The number of hydrogen-bond donors (Lipinski definition) is 1. The summed E-state index contributed by atoms with van der Waals surface area (Å²) < 4.78 is 14.5. The summed E-state index contributed by atoms with van der Waals surface area (Å²) in [6.45, 7) is 3.78. The molecule has 1 aromatic heterocycles. The maximum Gasteiger partial charge on any atom is 0.286 e. The highest BCUT2D eigenvalue weighted by atomic mass is 32.1. The van der Waals surface area contributed by atoms with Crippen molar-refractivity contribution in [1.29, 1.82) is 0 Å². The van der Waals surface area contributed by atoms with Crippen LogP contribution in [0.1, 0.15) is 27.3 Å². The van der Waals surface area contributed by atoms with E-state index in [2.05, 4.69) is 14.9 Å². The molecule has 0 unspecified atom stereocenters. The molecule has 0 saturated carbocycles. The topological polar surface area (TPSA) is 79.8 Å². The second-order valence-electron chi connectivity index (χ2n) is 6.26. The van der Waals surface area contributed by atoms with Crippen molar-refractivity contribution in [3.63, 3.8) is 0 Å². The lowest BCUT2D eigenvalue weighted by Crippen LogP contribution is -2.49. The predicted molar refractivity (Wildman–Crippen MR) is 111 cm³/mol. The highest BCUT2D eigenvalue weighted by Crippen LogP contribution is 2.27. The maximum atomic E-state index is 12.8. The van der Waals surface area contributed by atoms with Gasteiger partial charge in [0.15, 0.2) is 16.6 Å². The minimum Gasteiger partial charge on any atom is -0.493 e. The van der Waals surface area contributed by atoms with Crippen molar-refractivity contribution in [2.24, 2.45) is 0 Å². The number of aromatic nitrogens is 2. The second kappa shape index (κ2) is 9.16. The maximum absolute atomic E-state index is 12.8. The average Bonchev–Trinajstić information content (AvgIpc) is 3.36. The van der Waals surface area contributed by atoms with Crippen molar-refractivity contribution in [2.45, 2.75) is 19.8 Å². The van der Waals surface area contributed by atoms with E-state index in [0.717, 1.165) is 29.9 Å². The Bertz CT molecular complexity index is 857. The normalized spacial score (nSPS) is 13.5. The quantitative estimate of drug-likeness (QED) is 0.710. The van der Waals surface area contributed by atoms with Crippen molar-refractivity contribution < 1.29 is 14.3 Å². The van der Waals surface area contributed by atoms with Crippen LogP contribution in [0.5, 0.6) is 11.5 Å². The van der Waals surface area contributed by atoms with Gasteiger partial charge in [0.2, 0.25) is 0 Å². The fraction of sp³-hybridized carbons (Fsp3) is 0.444. The van der Waals surface area contributed by atoms with E-state index in [-0.39, 0.29) is 5.91 Å². The SMILES string of the molecule is COc1ccc(CCNC(=S)N2CCCN2C(=O)c2snnc2C)cc1OC. The first-order valence-electron chi connectivity index (χ1n) is 8.92. The third kappa shape index (κ3) is 4.33. The smallest absolute Gasteiger partial charge is 0.286 e. The zero-order valence-electron chi connectivity index (χ0n) is 16.1. The van der Waals surface area contributed by atoms with Gasteiger partial charge >= 0.3 is 0 Å². The number of ether oxygens (including phenoxy) is 2. The zero-order chi connectivity index (χ0) is 20.1. The van der Waals surface area contributed by atoms with E-state index >= 15 is 0 Å². The molecular formula is C18H23N5O3S2.